The van der Waals surface area contributed by atoms with Crippen LogP contribution < -0.4 is 42.5 Å². The van der Waals surface area contributed by atoms with Crippen molar-refractivity contribution in [3.8, 4) is 0 Å². The van der Waals surface area contributed by atoms with Gasteiger partial charge >= 0.3 is 24.1 Å². The number of hydrogen-bond acceptors (Lipinski definition) is 4. The van der Waals surface area contributed by atoms with E-state index in [0.29, 0.717) is 48.9 Å². The van der Waals surface area contributed by atoms with Gasteiger partial charge in [-0.2, -0.15) is 0 Å². The van der Waals surface area contributed by atoms with Crippen LogP contribution in [0.1, 0.15) is 81.3 Å². The topological polar surface area (TPSA) is 165 Å². The van der Waals surface area contributed by atoms with Crippen LogP contribution in [-0.2, 0) is 51.9 Å². The number of fused-ring (bicyclic) bond motifs is 8. The van der Waals surface area contributed by atoms with Gasteiger partial charge in [0.2, 0.25) is 0 Å². The Morgan fingerprint density at radius 2 is 0.613 bits per heavy atom. The number of carbonyl (C=O) groups excluding carboxylic acids is 4. The molecule has 0 saturated carbocycles. The normalized spacial score (nSPS) is 16.3. The minimum absolute atomic E-state index is 0.297. The lowest BCUT2D eigenvalue weighted by Crippen LogP contribution is -2.32. The largest absolute Gasteiger partial charge is 0.334 e. The first-order chi connectivity index (χ1) is 30.2. The molecule has 12 nitrogen and oxygen atoms in total. The van der Waals surface area contributed by atoms with Crippen LogP contribution in [0.5, 0.6) is 0 Å². The number of anilines is 4. The first-order valence-corrected chi connectivity index (χ1v) is 21.7. The minimum atomic E-state index is -0.388. The highest BCUT2D eigenvalue weighted by Gasteiger charge is 2.25. The van der Waals surface area contributed by atoms with Gasteiger partial charge in [0.25, 0.3) is 0 Å². The van der Waals surface area contributed by atoms with E-state index in [1.807, 2.05) is 62.4 Å². The van der Waals surface area contributed by atoms with Gasteiger partial charge < -0.3 is 42.5 Å². The summed E-state index contributed by atoms with van der Waals surface area (Å²) in [5.74, 6) is 0. The summed E-state index contributed by atoms with van der Waals surface area (Å²) in [5.41, 5.74) is 12.8. The number of aryl methyl sites for hydroxylation is 2. The molecule has 316 valence electrons. The molecule has 3 aliphatic rings. The molecule has 6 aromatic carbocycles. The van der Waals surface area contributed by atoms with Crippen LogP contribution in [0.2, 0.25) is 0 Å². The van der Waals surface area contributed by atoms with Gasteiger partial charge in [-0.3, -0.25) is 0 Å². The third-order valence-electron chi connectivity index (χ3n) is 12.6. The maximum atomic E-state index is 13.7. The molecule has 1 aliphatic heterocycles. The predicted molar refractivity (Wildman–Crippen MR) is 247 cm³/mol. The minimum Gasteiger partial charge on any atom is -0.334 e. The first-order valence-electron chi connectivity index (χ1n) is 21.7. The van der Waals surface area contributed by atoms with Crippen molar-refractivity contribution in [1.29, 1.82) is 0 Å². The number of rotatable bonds is 0. The summed E-state index contributed by atoms with van der Waals surface area (Å²) in [6.07, 6.45) is 7.56. The van der Waals surface area contributed by atoms with Gasteiger partial charge in [-0.05, 0) is 167 Å². The van der Waals surface area contributed by atoms with Crippen molar-refractivity contribution < 1.29 is 19.2 Å². The van der Waals surface area contributed by atoms with E-state index in [1.54, 1.807) is 12.1 Å². The molecule has 8 N–H and O–H groups in total. The Labute approximate surface area is 361 Å². The Balaban J connectivity index is 1.08. The van der Waals surface area contributed by atoms with Crippen molar-refractivity contribution in [2.45, 2.75) is 91.4 Å². The number of carbonyl (C=O) groups is 4. The van der Waals surface area contributed by atoms with E-state index in [2.05, 4.69) is 66.8 Å². The second kappa shape index (κ2) is 17.5. The molecule has 4 bridgehead atoms. The number of amides is 8. The molecule has 0 aromatic heterocycles. The lowest BCUT2D eigenvalue weighted by Gasteiger charge is -2.27. The van der Waals surface area contributed by atoms with Gasteiger partial charge in [0.1, 0.15) is 0 Å². The third-order valence-corrected chi connectivity index (χ3v) is 12.6. The standard InChI is InChI=1S/C50H52N8O4/c1-29-19-21-43-45(23-29)57-49(61)53-27-41-35-15-7-9-17-37(35)42(38-18-10-8-16-36(38)41)28-54-50(62)58-46-24-30(2)20-22-44(46)56-48(60)52-26-40-33-13-5-3-11-31(33)39(25-51-47(59)55-43)32-12-4-6-14-34(32)40/h3,5,7,9,11,13,15,17,19-24H,4,6,8,10,12,14,16,18,25-28H2,1-2H3,(H2,51,55,59)(H2,52,56,60)(H2,53,57,61)(H2,54,58,62). The fourth-order valence-electron chi connectivity index (χ4n) is 9.70. The summed E-state index contributed by atoms with van der Waals surface area (Å²) >= 11 is 0. The highest BCUT2D eigenvalue weighted by Crippen LogP contribution is 2.38. The van der Waals surface area contributed by atoms with Crippen LogP contribution in [0.4, 0.5) is 41.9 Å². The van der Waals surface area contributed by atoms with E-state index in [4.69, 9.17) is 0 Å². The van der Waals surface area contributed by atoms with Gasteiger partial charge in [0, 0.05) is 26.2 Å². The van der Waals surface area contributed by atoms with Crippen molar-refractivity contribution in [3.05, 3.63) is 141 Å². The lowest BCUT2D eigenvalue weighted by molar-refractivity contribution is 0.250. The molecular weight excluding hydrogens is 777 g/mol. The molecular formula is C50H52N8O4. The molecule has 0 fully saturated rings. The fourth-order valence-corrected chi connectivity index (χ4v) is 9.70. The van der Waals surface area contributed by atoms with Crippen molar-refractivity contribution in [1.82, 2.24) is 21.3 Å². The number of hydrogen-bond donors (Lipinski definition) is 8. The van der Waals surface area contributed by atoms with Crippen molar-refractivity contribution in [2.24, 2.45) is 0 Å². The first kappa shape index (κ1) is 40.3. The van der Waals surface area contributed by atoms with Crippen LogP contribution in [-0.4, -0.2) is 24.1 Å². The fraction of sp³-hybridized carbons (Fsp3) is 0.280. The zero-order chi connectivity index (χ0) is 42.7. The molecule has 2 aliphatic carbocycles. The highest BCUT2D eigenvalue weighted by atomic mass is 16.2. The molecule has 9 rings (SSSR count). The van der Waals surface area contributed by atoms with Crippen LogP contribution in [0.25, 0.3) is 21.5 Å². The Hall–Kier alpha value is -7.08. The van der Waals surface area contributed by atoms with Gasteiger partial charge in [0.15, 0.2) is 0 Å². The smallest absolute Gasteiger partial charge is 0.319 e. The SMILES string of the molecule is Cc1ccc2c(c1)NC(=O)NCc1c3c(c(c4ccccc14)CNC(=O)Nc1cc(C)ccc1NC(=O)NCc1c4c(c(c5ccccc15)CNC(=O)N2)CCCC4)CCCC3. The van der Waals surface area contributed by atoms with E-state index in [0.717, 1.165) is 106 Å². The highest BCUT2D eigenvalue weighted by molar-refractivity contribution is 6.01. The lowest BCUT2D eigenvalue weighted by atomic mass is 9.81. The Morgan fingerprint density at radius 1 is 0.339 bits per heavy atom. The molecule has 0 spiro atoms. The van der Waals surface area contributed by atoms with Gasteiger partial charge in [-0.15, -0.1) is 0 Å². The van der Waals surface area contributed by atoms with Gasteiger partial charge in [-0.25, -0.2) is 19.2 Å². The zero-order valence-corrected chi connectivity index (χ0v) is 35.2. The van der Waals surface area contributed by atoms with Crippen LogP contribution in [0.15, 0.2) is 84.9 Å². The van der Waals surface area contributed by atoms with Crippen molar-refractivity contribution in [2.75, 3.05) is 21.3 Å². The Bertz CT molecular complexity index is 2590. The Morgan fingerprint density at radius 3 is 0.903 bits per heavy atom. The molecule has 0 atom stereocenters. The van der Waals surface area contributed by atoms with E-state index >= 15 is 0 Å². The third kappa shape index (κ3) is 8.32. The summed E-state index contributed by atoms with van der Waals surface area (Å²) in [7, 11) is 0. The molecule has 12 heteroatoms. The number of nitrogens with one attached hydrogen (secondary N) is 8. The van der Waals surface area contributed by atoms with Crippen LogP contribution >= 0.6 is 0 Å². The quantitative estimate of drug-likeness (QED) is 0.0765. The van der Waals surface area contributed by atoms with Crippen LogP contribution in [0, 0.1) is 13.8 Å². The summed E-state index contributed by atoms with van der Waals surface area (Å²) in [6.45, 7) is 5.07. The second-order valence-corrected chi connectivity index (χ2v) is 16.7. The van der Waals surface area contributed by atoms with E-state index in [-0.39, 0.29) is 24.1 Å². The molecule has 8 amide bonds. The molecule has 0 radical (unpaired) electrons. The van der Waals surface area contributed by atoms with E-state index in [9.17, 15) is 19.2 Å². The summed E-state index contributed by atoms with van der Waals surface area (Å²) in [6, 6.07) is 25.8. The number of benzene rings is 6. The maximum absolute atomic E-state index is 13.7. The molecule has 1 heterocycles. The second-order valence-electron chi connectivity index (χ2n) is 16.7. The summed E-state index contributed by atoms with van der Waals surface area (Å²) in [4.78, 5) is 54.8. The average molecular weight is 829 g/mol. The van der Waals surface area contributed by atoms with E-state index < -0.39 is 0 Å². The summed E-state index contributed by atoms with van der Waals surface area (Å²) < 4.78 is 0. The van der Waals surface area contributed by atoms with Crippen molar-refractivity contribution in [3.63, 3.8) is 0 Å². The maximum Gasteiger partial charge on any atom is 0.319 e. The molecule has 0 saturated heterocycles. The molecule has 62 heavy (non-hydrogen) atoms. The van der Waals surface area contributed by atoms with Crippen LogP contribution in [0.3, 0.4) is 0 Å². The monoisotopic (exact) mass is 828 g/mol. The van der Waals surface area contributed by atoms with E-state index in [1.165, 1.54) is 22.3 Å². The average Bonchev–Trinajstić information content (AvgIpc) is 3.27. The molecule has 6 aromatic rings. The Kier molecular flexibility index (Phi) is 11.4. The van der Waals surface area contributed by atoms with Gasteiger partial charge in [-0.1, -0.05) is 60.7 Å². The number of urea groups is 4. The predicted octanol–water partition coefficient (Wildman–Crippen LogP) is 9.97. The zero-order valence-electron chi connectivity index (χ0n) is 35.2. The van der Waals surface area contributed by atoms with Crippen molar-refractivity contribution >= 4 is 68.4 Å². The van der Waals surface area contributed by atoms with Gasteiger partial charge in [0.05, 0.1) is 22.7 Å². The molecule has 0 unspecified atom stereocenters. The summed E-state index contributed by atoms with van der Waals surface area (Å²) in [5, 5.41) is 28.6.